The monoisotopic (exact) mass is 548 g/mol. The number of hydrogen-bond acceptors (Lipinski definition) is 7. The molecule has 0 aliphatic heterocycles. The van der Waals surface area contributed by atoms with Gasteiger partial charge in [-0.3, -0.25) is 13.9 Å². The molecule has 0 saturated heterocycles. The summed E-state index contributed by atoms with van der Waals surface area (Å²) in [5, 5.41) is 10.1. The Bertz CT molecular complexity index is 1180. The highest BCUT2D eigenvalue weighted by Crippen LogP contribution is 2.59. The second kappa shape index (κ2) is 12.7. The van der Waals surface area contributed by atoms with Crippen LogP contribution in [0.15, 0.2) is 54.6 Å². The van der Waals surface area contributed by atoms with Crippen molar-refractivity contribution in [1.29, 1.82) is 0 Å². The summed E-state index contributed by atoms with van der Waals surface area (Å²) in [7, 11) is -5.14. The van der Waals surface area contributed by atoms with Crippen molar-refractivity contribution in [2.45, 2.75) is 65.6 Å². The summed E-state index contributed by atoms with van der Waals surface area (Å²) in [5.74, 6) is -3.87. The number of carboxylic acids is 1. The molecule has 3 unspecified atom stereocenters. The first kappa shape index (κ1) is 31.2. The molecule has 10 nitrogen and oxygen atoms in total. The number of amides is 1. The third kappa shape index (κ3) is 8.23. The highest BCUT2D eigenvalue weighted by atomic mass is 31.2. The van der Waals surface area contributed by atoms with Crippen LogP contribution in [0, 0.1) is 11.3 Å². The van der Waals surface area contributed by atoms with E-state index >= 15 is 0 Å². The Labute approximate surface area is 223 Å². The fourth-order valence-corrected chi connectivity index (χ4v) is 5.23. The molecule has 0 fully saturated rings. The van der Waals surface area contributed by atoms with E-state index in [4.69, 9.17) is 15.0 Å². The number of carboxylic acid groups (broad SMARTS) is 1. The molecule has 0 bridgehead atoms. The van der Waals surface area contributed by atoms with E-state index in [0.717, 1.165) is 0 Å². The van der Waals surface area contributed by atoms with Crippen LogP contribution in [0.4, 0.5) is 0 Å². The van der Waals surface area contributed by atoms with Crippen LogP contribution in [0.5, 0.6) is 0 Å². The predicted octanol–water partition coefficient (Wildman–Crippen LogP) is 4.12. The zero-order chi connectivity index (χ0) is 28.7. The van der Waals surface area contributed by atoms with Crippen molar-refractivity contribution in [3.05, 3.63) is 71.3 Å². The van der Waals surface area contributed by atoms with Crippen LogP contribution in [0.2, 0.25) is 0 Å². The second-order valence-corrected chi connectivity index (χ2v) is 12.6. The summed E-state index contributed by atoms with van der Waals surface area (Å²) in [6.07, 6.45) is -1.62. The molecule has 1 amide bonds. The van der Waals surface area contributed by atoms with Gasteiger partial charge in [-0.1, -0.05) is 89.2 Å². The highest BCUT2D eigenvalue weighted by molar-refractivity contribution is 7.55. The summed E-state index contributed by atoms with van der Waals surface area (Å²) in [5.41, 5.74) is 7.18. The van der Waals surface area contributed by atoms with E-state index in [2.05, 4.69) is 5.32 Å². The minimum Gasteiger partial charge on any atom is -0.479 e. The lowest BCUT2D eigenvalue weighted by Crippen LogP contribution is -2.53. The summed E-state index contributed by atoms with van der Waals surface area (Å²) in [4.78, 5) is 48.1. The topological polar surface area (TPSA) is 165 Å². The number of aliphatic carboxylic acids is 1. The standard InChI is InChI=1S/C27H37N2O8P/c1-18(2)27(28,25(33)36-17-19-10-7-6-8-11-19)38(34,35)37-23(24(31)32)21-13-9-12-20(14-21)16-29-22(30)15-26(3,4)5/h6-14,18,23H,15-17,28H2,1-5H3,(H,29,30)(H,31,32)(H,34,35). The Morgan fingerprint density at radius 3 is 2.18 bits per heavy atom. The summed E-state index contributed by atoms with van der Waals surface area (Å²) < 4.78 is 23.9. The summed E-state index contributed by atoms with van der Waals surface area (Å²) in [6.45, 7) is 8.59. The second-order valence-electron chi connectivity index (χ2n) is 10.6. The molecule has 11 heteroatoms. The number of hydrogen-bond donors (Lipinski definition) is 4. The van der Waals surface area contributed by atoms with Gasteiger partial charge in [0.15, 0.2) is 6.10 Å². The van der Waals surface area contributed by atoms with Gasteiger partial charge < -0.3 is 25.8 Å². The number of esters is 1. The Morgan fingerprint density at radius 1 is 1.03 bits per heavy atom. The molecule has 0 heterocycles. The lowest BCUT2D eigenvalue weighted by atomic mass is 9.92. The van der Waals surface area contributed by atoms with Gasteiger partial charge >= 0.3 is 19.5 Å². The Kier molecular flexibility index (Phi) is 10.4. The molecule has 38 heavy (non-hydrogen) atoms. The van der Waals surface area contributed by atoms with Gasteiger partial charge in [0.2, 0.25) is 11.2 Å². The molecule has 2 rings (SSSR count). The van der Waals surface area contributed by atoms with Gasteiger partial charge in [0, 0.05) is 13.0 Å². The minimum absolute atomic E-state index is 0.0399. The summed E-state index contributed by atoms with van der Waals surface area (Å²) >= 11 is 0. The molecule has 0 aliphatic rings. The fourth-order valence-electron chi connectivity index (χ4n) is 3.61. The Hall–Kier alpha value is -3.04. The first-order valence-corrected chi connectivity index (χ1v) is 13.7. The van der Waals surface area contributed by atoms with Crippen LogP contribution in [0.25, 0.3) is 0 Å². The van der Waals surface area contributed by atoms with Gasteiger partial charge in [0.25, 0.3) is 0 Å². The first-order valence-electron chi connectivity index (χ1n) is 12.2. The van der Waals surface area contributed by atoms with Crippen LogP contribution in [-0.2, 0) is 41.4 Å². The van der Waals surface area contributed by atoms with Gasteiger partial charge in [-0.2, -0.15) is 0 Å². The first-order chi connectivity index (χ1) is 17.6. The number of carbonyl (C=O) groups excluding carboxylic acids is 2. The molecule has 0 spiro atoms. The van der Waals surface area contributed by atoms with Crippen molar-refractivity contribution in [1.82, 2.24) is 5.32 Å². The van der Waals surface area contributed by atoms with E-state index in [1.165, 1.54) is 32.0 Å². The van der Waals surface area contributed by atoms with Crippen molar-refractivity contribution >= 4 is 25.4 Å². The SMILES string of the molecule is CC(C)C(N)(C(=O)OCc1ccccc1)P(=O)(O)OC(C(=O)O)c1cccc(CNC(=O)CC(C)(C)C)c1. The lowest BCUT2D eigenvalue weighted by Gasteiger charge is -2.35. The number of rotatable bonds is 12. The number of nitrogens with two attached hydrogens (primary N) is 1. The Morgan fingerprint density at radius 2 is 1.63 bits per heavy atom. The van der Waals surface area contributed by atoms with Gasteiger partial charge in [-0.15, -0.1) is 0 Å². The maximum Gasteiger partial charge on any atom is 0.360 e. The van der Waals surface area contributed by atoms with Crippen molar-refractivity contribution in [3.8, 4) is 0 Å². The average Bonchev–Trinajstić information content (AvgIpc) is 2.83. The molecule has 2 aromatic rings. The van der Waals surface area contributed by atoms with Crippen LogP contribution in [-0.4, -0.2) is 33.1 Å². The number of nitrogens with one attached hydrogen (secondary N) is 1. The minimum atomic E-state index is -5.14. The highest BCUT2D eigenvalue weighted by Gasteiger charge is 2.57. The van der Waals surface area contributed by atoms with Crippen LogP contribution >= 0.6 is 7.60 Å². The lowest BCUT2D eigenvalue weighted by molar-refractivity contribution is -0.152. The molecule has 0 aliphatic carbocycles. The quantitative estimate of drug-likeness (QED) is 0.225. The number of carbonyl (C=O) groups is 3. The zero-order valence-electron chi connectivity index (χ0n) is 22.3. The molecular weight excluding hydrogens is 511 g/mol. The number of ether oxygens (including phenoxy) is 1. The average molecular weight is 549 g/mol. The van der Waals surface area contributed by atoms with E-state index < -0.39 is 36.8 Å². The predicted molar refractivity (Wildman–Crippen MR) is 142 cm³/mol. The molecule has 0 radical (unpaired) electrons. The van der Waals surface area contributed by atoms with Gasteiger partial charge in [0.1, 0.15) is 6.61 Å². The molecule has 0 saturated carbocycles. The zero-order valence-corrected chi connectivity index (χ0v) is 23.2. The fraction of sp³-hybridized carbons (Fsp3) is 0.444. The van der Waals surface area contributed by atoms with E-state index in [1.807, 2.05) is 20.8 Å². The van der Waals surface area contributed by atoms with Crippen molar-refractivity contribution in [3.63, 3.8) is 0 Å². The molecule has 5 N–H and O–H groups in total. The third-order valence-electron chi connectivity index (χ3n) is 5.79. The normalized spacial score (nSPS) is 15.7. The van der Waals surface area contributed by atoms with E-state index in [9.17, 15) is 28.9 Å². The van der Waals surface area contributed by atoms with Crippen LogP contribution in [0.1, 0.15) is 63.8 Å². The van der Waals surface area contributed by atoms with E-state index in [1.54, 1.807) is 36.4 Å². The molecule has 2 aromatic carbocycles. The van der Waals surface area contributed by atoms with E-state index in [-0.39, 0.29) is 30.0 Å². The largest absolute Gasteiger partial charge is 0.479 e. The van der Waals surface area contributed by atoms with Gasteiger partial charge in [0.05, 0.1) is 0 Å². The van der Waals surface area contributed by atoms with Crippen molar-refractivity contribution < 1.29 is 38.2 Å². The van der Waals surface area contributed by atoms with E-state index in [0.29, 0.717) is 17.5 Å². The van der Waals surface area contributed by atoms with Crippen molar-refractivity contribution in [2.24, 2.45) is 17.1 Å². The van der Waals surface area contributed by atoms with Gasteiger partial charge in [-0.05, 0) is 28.0 Å². The maximum atomic E-state index is 13.4. The molecule has 208 valence electrons. The smallest absolute Gasteiger partial charge is 0.360 e. The molecule has 0 aromatic heterocycles. The Balaban J connectivity index is 2.25. The summed E-state index contributed by atoms with van der Waals surface area (Å²) in [6, 6.07) is 14.7. The maximum absolute atomic E-state index is 13.4. The van der Waals surface area contributed by atoms with Gasteiger partial charge in [-0.25, -0.2) is 9.59 Å². The molecule has 3 atom stereocenters. The van der Waals surface area contributed by atoms with Crippen LogP contribution < -0.4 is 11.1 Å². The van der Waals surface area contributed by atoms with Crippen molar-refractivity contribution in [2.75, 3.05) is 0 Å². The number of benzene rings is 2. The van der Waals surface area contributed by atoms with Crippen LogP contribution in [0.3, 0.4) is 0 Å². The third-order valence-corrected chi connectivity index (χ3v) is 7.93. The molecular formula is C27H37N2O8P.